The number of esters is 1. The number of nitrogens with zero attached hydrogens (tertiary/aromatic N) is 2. The fourth-order valence-corrected chi connectivity index (χ4v) is 4.25. The Morgan fingerprint density at radius 1 is 1.11 bits per heavy atom. The molecule has 36 heavy (non-hydrogen) atoms. The largest absolute Gasteiger partial charge is 0.460 e. The van der Waals surface area contributed by atoms with E-state index in [-0.39, 0.29) is 24.5 Å². The minimum atomic E-state index is -0.767. The highest BCUT2D eigenvalue weighted by Gasteiger charge is 2.27. The number of nitro groups is 1. The Kier molecular flexibility index (Phi) is 6.79. The second kappa shape index (κ2) is 10.3. The topological polar surface area (TPSA) is 100 Å². The predicted octanol–water partition coefficient (Wildman–Crippen LogP) is 4.54. The monoisotopic (exact) mass is 494 g/mol. The number of ether oxygens (including phenoxy) is 4. The van der Waals surface area contributed by atoms with Gasteiger partial charge in [0.05, 0.1) is 30.3 Å². The highest BCUT2D eigenvalue weighted by molar-refractivity contribution is 5.91. The van der Waals surface area contributed by atoms with E-state index in [2.05, 4.69) is 0 Å². The van der Waals surface area contributed by atoms with Crippen LogP contribution in [0, 0.1) is 15.9 Å². The molecule has 0 spiro atoms. The Balaban J connectivity index is 1.34. The molecule has 2 aliphatic heterocycles. The molecule has 1 saturated heterocycles. The van der Waals surface area contributed by atoms with Crippen molar-refractivity contribution in [3.05, 3.63) is 98.8 Å². The number of anilines is 1. The van der Waals surface area contributed by atoms with E-state index in [4.69, 9.17) is 18.9 Å². The average Bonchev–Trinajstić information content (AvgIpc) is 2.92. The summed E-state index contributed by atoms with van der Waals surface area (Å²) in [6, 6.07) is 16.1. The number of hydrogen-bond acceptors (Lipinski definition) is 8. The summed E-state index contributed by atoms with van der Waals surface area (Å²) in [4.78, 5) is 25.8. The number of rotatable bonds is 6. The van der Waals surface area contributed by atoms with Crippen molar-refractivity contribution in [3.63, 3.8) is 0 Å². The first kappa shape index (κ1) is 23.7. The zero-order chi connectivity index (χ0) is 25.1. The molecule has 0 amide bonds. The van der Waals surface area contributed by atoms with Crippen LogP contribution in [0.3, 0.4) is 0 Å². The van der Waals surface area contributed by atoms with Crippen molar-refractivity contribution in [2.45, 2.75) is 19.5 Å². The van der Waals surface area contributed by atoms with E-state index in [1.54, 1.807) is 0 Å². The maximum Gasteiger partial charge on any atom is 0.338 e. The summed E-state index contributed by atoms with van der Waals surface area (Å²) >= 11 is 0. The van der Waals surface area contributed by atoms with E-state index in [1.807, 2.05) is 35.2 Å². The molecule has 1 atom stereocenters. The van der Waals surface area contributed by atoms with Crippen LogP contribution in [-0.4, -0.2) is 37.2 Å². The maximum absolute atomic E-state index is 14.2. The second-order valence-electron chi connectivity index (χ2n) is 8.36. The fourth-order valence-electron chi connectivity index (χ4n) is 4.25. The van der Waals surface area contributed by atoms with E-state index in [1.165, 1.54) is 30.3 Å². The summed E-state index contributed by atoms with van der Waals surface area (Å²) in [5.74, 6) is -0.898. The summed E-state index contributed by atoms with van der Waals surface area (Å²) < 4.78 is 36.7. The zero-order valence-corrected chi connectivity index (χ0v) is 19.2. The molecule has 0 radical (unpaired) electrons. The van der Waals surface area contributed by atoms with Crippen molar-refractivity contribution < 1.29 is 33.1 Å². The van der Waals surface area contributed by atoms with Crippen molar-refractivity contribution in [3.8, 4) is 5.75 Å². The lowest BCUT2D eigenvalue weighted by molar-refractivity contribution is -0.384. The van der Waals surface area contributed by atoms with Gasteiger partial charge in [0.1, 0.15) is 23.9 Å². The summed E-state index contributed by atoms with van der Waals surface area (Å²) in [6.45, 7) is 1.82. The van der Waals surface area contributed by atoms with Gasteiger partial charge >= 0.3 is 5.97 Å². The molecule has 2 aliphatic rings. The highest BCUT2D eigenvalue weighted by Crippen LogP contribution is 2.37. The molecule has 0 saturated carbocycles. The van der Waals surface area contributed by atoms with Gasteiger partial charge in [-0.15, -0.1) is 0 Å². The summed E-state index contributed by atoms with van der Waals surface area (Å²) in [6.07, 6.45) is -0.686. The number of carbonyl (C=O) groups is 1. The molecule has 186 valence electrons. The molecule has 0 unspecified atom stereocenters. The van der Waals surface area contributed by atoms with Gasteiger partial charge in [-0.05, 0) is 24.3 Å². The van der Waals surface area contributed by atoms with Gasteiger partial charge in [-0.25, -0.2) is 9.18 Å². The number of halogens is 1. The third-order valence-corrected chi connectivity index (χ3v) is 6.01. The molecule has 3 aromatic rings. The molecule has 2 heterocycles. The van der Waals surface area contributed by atoms with E-state index in [9.17, 15) is 19.3 Å². The average molecular weight is 494 g/mol. The Bertz CT molecular complexity index is 1280. The Hall–Kier alpha value is -4.02. The molecule has 10 heteroatoms. The van der Waals surface area contributed by atoms with E-state index >= 15 is 0 Å². The first-order chi connectivity index (χ1) is 17.5. The van der Waals surface area contributed by atoms with Gasteiger partial charge in [0.15, 0.2) is 0 Å². The molecular weight excluding hydrogens is 471 g/mol. The van der Waals surface area contributed by atoms with E-state index in [0.29, 0.717) is 48.9 Å². The number of morpholine rings is 1. The molecule has 9 nitrogen and oxygen atoms in total. The van der Waals surface area contributed by atoms with Crippen LogP contribution in [0.15, 0.2) is 60.7 Å². The number of hydrogen-bond donors (Lipinski definition) is 0. The lowest BCUT2D eigenvalue weighted by Crippen LogP contribution is -2.36. The first-order valence-electron chi connectivity index (χ1n) is 11.4. The molecular formula is C26H23FN2O7. The van der Waals surface area contributed by atoms with Crippen molar-refractivity contribution in [1.29, 1.82) is 0 Å². The Morgan fingerprint density at radius 3 is 2.64 bits per heavy atom. The van der Waals surface area contributed by atoms with Gasteiger partial charge in [0.2, 0.25) is 6.29 Å². The van der Waals surface area contributed by atoms with Crippen molar-refractivity contribution in [1.82, 2.24) is 0 Å². The lowest BCUT2D eigenvalue weighted by atomic mass is 10.1. The Morgan fingerprint density at radius 2 is 1.89 bits per heavy atom. The van der Waals surface area contributed by atoms with Crippen LogP contribution in [0.1, 0.15) is 33.3 Å². The highest BCUT2D eigenvalue weighted by atomic mass is 19.1. The van der Waals surface area contributed by atoms with E-state index in [0.717, 1.165) is 5.56 Å². The number of benzene rings is 3. The smallest absolute Gasteiger partial charge is 0.338 e. The molecule has 0 aromatic heterocycles. The van der Waals surface area contributed by atoms with Crippen LogP contribution in [0.5, 0.6) is 5.75 Å². The molecule has 1 fully saturated rings. The number of carbonyl (C=O) groups excluding carboxylic acids is 1. The normalized spacial score (nSPS) is 17.1. The summed E-state index contributed by atoms with van der Waals surface area (Å²) in [5, 5.41) is 11.7. The van der Waals surface area contributed by atoms with E-state index < -0.39 is 23.0 Å². The summed E-state index contributed by atoms with van der Waals surface area (Å²) in [7, 11) is 0. The Labute approximate surface area is 206 Å². The lowest BCUT2D eigenvalue weighted by Gasteiger charge is -2.28. The second-order valence-corrected chi connectivity index (χ2v) is 8.36. The molecule has 5 rings (SSSR count). The SMILES string of the molecule is O=C(OCc1cc(F)cc2c1O[C@@H](c1ccccc1)OC2)c1ccc(N2CCOCC2)c([N+](=O)[O-])c1. The van der Waals surface area contributed by atoms with Crippen molar-refractivity contribution in [2.75, 3.05) is 31.2 Å². The minimum absolute atomic E-state index is 0.0235. The van der Waals surface area contributed by atoms with Gasteiger partial charge < -0.3 is 23.8 Å². The van der Waals surface area contributed by atoms with Crippen LogP contribution in [0.4, 0.5) is 15.8 Å². The van der Waals surface area contributed by atoms with Crippen molar-refractivity contribution >= 4 is 17.3 Å². The molecule has 0 aliphatic carbocycles. The van der Waals surface area contributed by atoms with Gasteiger partial charge in [0.25, 0.3) is 5.69 Å². The number of nitro benzene ring substituents is 1. The first-order valence-corrected chi connectivity index (χ1v) is 11.4. The third kappa shape index (κ3) is 5.00. The fraction of sp³-hybridized carbons (Fsp3) is 0.269. The van der Waals surface area contributed by atoms with Gasteiger partial charge in [-0.1, -0.05) is 30.3 Å². The number of fused-ring (bicyclic) bond motifs is 1. The van der Waals surface area contributed by atoms with Crippen LogP contribution in [0.2, 0.25) is 0 Å². The summed E-state index contributed by atoms with van der Waals surface area (Å²) in [5.41, 5.74) is 1.87. The third-order valence-electron chi connectivity index (χ3n) is 6.01. The molecule has 3 aromatic carbocycles. The molecule has 0 bridgehead atoms. The van der Waals surface area contributed by atoms with Crippen LogP contribution < -0.4 is 9.64 Å². The predicted molar refractivity (Wildman–Crippen MR) is 126 cm³/mol. The van der Waals surface area contributed by atoms with Gasteiger partial charge in [-0.2, -0.15) is 0 Å². The van der Waals surface area contributed by atoms with Crippen molar-refractivity contribution in [2.24, 2.45) is 0 Å². The van der Waals surface area contributed by atoms with Crippen LogP contribution in [0.25, 0.3) is 0 Å². The van der Waals surface area contributed by atoms with Crippen LogP contribution in [-0.2, 0) is 27.4 Å². The van der Waals surface area contributed by atoms with Gasteiger partial charge in [0, 0.05) is 35.8 Å². The molecule has 0 N–H and O–H groups in total. The minimum Gasteiger partial charge on any atom is -0.460 e. The van der Waals surface area contributed by atoms with Crippen LogP contribution >= 0.6 is 0 Å². The zero-order valence-electron chi connectivity index (χ0n) is 19.2. The van der Waals surface area contributed by atoms with Gasteiger partial charge in [-0.3, -0.25) is 10.1 Å². The maximum atomic E-state index is 14.2. The quantitative estimate of drug-likeness (QED) is 0.280. The standard InChI is InChI=1S/C26H23FN2O7/c27-21-12-19(24-20(13-21)16-35-26(36-24)17-4-2-1-3-5-17)15-34-25(30)18-6-7-22(23(14-18)29(31)32)28-8-10-33-11-9-28/h1-7,12-14,26H,8-11,15-16H2/t26-/m0/s1.